The molecule has 0 aromatic heterocycles. The molecule has 9 heteroatoms. The van der Waals surface area contributed by atoms with Crippen molar-refractivity contribution in [3.8, 4) is 17.2 Å². The Morgan fingerprint density at radius 1 is 0.896 bits per heavy atom. The van der Waals surface area contributed by atoms with E-state index in [9.17, 15) is 0 Å². The zero-order valence-electron chi connectivity index (χ0n) is 31.4. The van der Waals surface area contributed by atoms with Gasteiger partial charge in [0.25, 0.3) is 0 Å². The van der Waals surface area contributed by atoms with Crippen molar-refractivity contribution in [3.05, 3.63) is 47.5 Å². The molecule has 0 amide bonds. The van der Waals surface area contributed by atoms with E-state index >= 15 is 0 Å². The highest BCUT2D eigenvalue weighted by Crippen LogP contribution is 2.54. The van der Waals surface area contributed by atoms with E-state index in [1.807, 2.05) is 29.6 Å². The first-order valence-corrected chi connectivity index (χ1v) is 22.9. The molecule has 2 aromatic carbocycles. The molecule has 0 saturated carbocycles. The van der Waals surface area contributed by atoms with Crippen LogP contribution in [0.4, 0.5) is 0 Å². The SMILES string of the molecule is COCOc1ccc2c(c1)SCC(C)(c1ccc(OC)cc1OC)C2CCCCCCCCCSCCOCC(O[SiH](C)C)C(C)(C)C. The number of fused-ring (bicyclic) bond motifs is 1. The molecule has 272 valence electrons. The summed E-state index contributed by atoms with van der Waals surface area (Å²) in [6, 6.07) is 12.9. The molecule has 0 saturated heterocycles. The van der Waals surface area contributed by atoms with Crippen molar-refractivity contribution < 1.29 is 28.1 Å². The van der Waals surface area contributed by atoms with Gasteiger partial charge in [0.1, 0.15) is 17.2 Å². The highest BCUT2D eigenvalue weighted by atomic mass is 32.2. The van der Waals surface area contributed by atoms with Crippen LogP contribution in [0, 0.1) is 5.41 Å². The van der Waals surface area contributed by atoms with E-state index in [-0.39, 0.29) is 23.7 Å². The van der Waals surface area contributed by atoms with Crippen LogP contribution in [0.15, 0.2) is 41.3 Å². The maximum atomic E-state index is 6.21. The number of unbranched alkanes of at least 4 members (excludes halogenated alkanes) is 6. The molecule has 1 aliphatic heterocycles. The second-order valence-corrected chi connectivity index (χ2v) is 19.2. The molecular weight excluding hydrogens is 657 g/mol. The Balaban J connectivity index is 1.43. The fourth-order valence-electron chi connectivity index (χ4n) is 6.49. The molecule has 0 radical (unpaired) electrons. The first-order valence-electron chi connectivity index (χ1n) is 18.0. The maximum Gasteiger partial charge on any atom is 0.188 e. The highest BCUT2D eigenvalue weighted by Gasteiger charge is 2.43. The molecule has 0 spiro atoms. The third-order valence-corrected chi connectivity index (χ3v) is 12.7. The van der Waals surface area contributed by atoms with Crippen LogP contribution in [0.5, 0.6) is 17.2 Å². The van der Waals surface area contributed by atoms with Gasteiger partial charge in [0.15, 0.2) is 15.8 Å². The van der Waals surface area contributed by atoms with Gasteiger partial charge in [0.2, 0.25) is 0 Å². The molecule has 6 nitrogen and oxygen atoms in total. The van der Waals surface area contributed by atoms with E-state index in [1.54, 1.807) is 21.3 Å². The minimum Gasteiger partial charge on any atom is -0.497 e. The molecule has 48 heavy (non-hydrogen) atoms. The van der Waals surface area contributed by atoms with E-state index in [0.29, 0.717) is 12.5 Å². The Labute approximate surface area is 302 Å². The van der Waals surface area contributed by atoms with Crippen molar-refractivity contribution in [3.63, 3.8) is 0 Å². The number of hydrogen-bond donors (Lipinski definition) is 0. The number of benzene rings is 2. The third-order valence-electron chi connectivity index (χ3n) is 9.35. The molecule has 1 heterocycles. The second kappa shape index (κ2) is 21.1. The zero-order chi connectivity index (χ0) is 35.0. The minimum absolute atomic E-state index is 0.0649. The van der Waals surface area contributed by atoms with E-state index in [1.165, 1.54) is 66.7 Å². The molecular formula is C39H64O6S2Si. The largest absolute Gasteiger partial charge is 0.497 e. The zero-order valence-corrected chi connectivity index (χ0v) is 34.1. The van der Waals surface area contributed by atoms with Crippen molar-refractivity contribution in [2.45, 2.75) is 114 Å². The van der Waals surface area contributed by atoms with E-state index < -0.39 is 9.04 Å². The van der Waals surface area contributed by atoms with E-state index in [4.69, 9.17) is 28.1 Å². The maximum absolute atomic E-state index is 6.21. The van der Waals surface area contributed by atoms with Gasteiger partial charge < -0.3 is 28.1 Å². The van der Waals surface area contributed by atoms with Gasteiger partial charge >= 0.3 is 0 Å². The Morgan fingerprint density at radius 3 is 2.27 bits per heavy atom. The minimum atomic E-state index is -1.07. The van der Waals surface area contributed by atoms with Gasteiger partial charge in [0, 0.05) is 40.6 Å². The Bertz CT molecular complexity index is 1210. The van der Waals surface area contributed by atoms with Gasteiger partial charge in [-0.2, -0.15) is 11.8 Å². The number of ether oxygens (including phenoxy) is 5. The predicted octanol–water partition coefficient (Wildman–Crippen LogP) is 10.1. The van der Waals surface area contributed by atoms with Crippen LogP contribution in [0.3, 0.4) is 0 Å². The number of hydrogen-bond acceptors (Lipinski definition) is 8. The lowest BCUT2D eigenvalue weighted by Crippen LogP contribution is -2.37. The lowest BCUT2D eigenvalue weighted by Gasteiger charge is -2.43. The smallest absolute Gasteiger partial charge is 0.188 e. The van der Waals surface area contributed by atoms with Gasteiger partial charge in [-0.1, -0.05) is 78.4 Å². The quantitative estimate of drug-likeness (QED) is 0.0639. The van der Waals surface area contributed by atoms with Crippen molar-refractivity contribution in [2.24, 2.45) is 5.41 Å². The highest BCUT2D eigenvalue weighted by molar-refractivity contribution is 7.99. The van der Waals surface area contributed by atoms with Gasteiger partial charge in [-0.15, -0.1) is 11.8 Å². The van der Waals surface area contributed by atoms with Crippen molar-refractivity contribution in [2.75, 3.05) is 58.6 Å². The summed E-state index contributed by atoms with van der Waals surface area (Å²) in [5.74, 6) is 6.26. The molecule has 0 N–H and O–H groups in total. The normalized spacial score (nSPS) is 18.5. The monoisotopic (exact) mass is 720 g/mol. The number of rotatable bonds is 23. The van der Waals surface area contributed by atoms with Crippen LogP contribution in [-0.2, 0) is 19.3 Å². The standard InChI is InChI=1S/C39H64O6S2Si/c1-38(2,3)37(45-48(8)9)27-43-22-24-46-23-16-14-12-10-11-13-15-17-33-32-20-18-31(44-29-40-5)26-36(32)47-28-39(33,4)34-21-19-30(41-6)25-35(34)42-7/h18-21,25-26,33,37,48H,10-17,22-24,27-29H2,1-9H3. The summed E-state index contributed by atoms with van der Waals surface area (Å²) in [5.41, 5.74) is 2.74. The lowest BCUT2D eigenvalue weighted by atomic mass is 9.67. The first kappa shape index (κ1) is 41.1. The molecule has 3 unspecified atom stereocenters. The van der Waals surface area contributed by atoms with Crippen molar-refractivity contribution in [1.29, 1.82) is 0 Å². The summed E-state index contributed by atoms with van der Waals surface area (Å²) in [7, 11) is 4.06. The Morgan fingerprint density at radius 2 is 1.60 bits per heavy atom. The summed E-state index contributed by atoms with van der Waals surface area (Å²) in [5, 5.41) is 0. The summed E-state index contributed by atoms with van der Waals surface area (Å²) in [6.45, 7) is 15.4. The molecule has 0 fully saturated rings. The van der Waals surface area contributed by atoms with Crippen molar-refractivity contribution in [1.82, 2.24) is 0 Å². The summed E-state index contributed by atoms with van der Waals surface area (Å²) >= 11 is 3.94. The molecule has 0 bridgehead atoms. The predicted molar refractivity (Wildman–Crippen MR) is 208 cm³/mol. The molecule has 0 aliphatic carbocycles. The van der Waals surface area contributed by atoms with Crippen LogP contribution in [0.1, 0.15) is 96.1 Å². The Hall–Kier alpha value is -1.36. The fourth-order valence-corrected chi connectivity index (χ4v) is 9.87. The van der Waals surface area contributed by atoms with E-state index in [2.05, 4.69) is 71.1 Å². The van der Waals surface area contributed by atoms with Gasteiger partial charge in [-0.25, -0.2) is 0 Å². The van der Waals surface area contributed by atoms with Crippen LogP contribution < -0.4 is 14.2 Å². The topological polar surface area (TPSA) is 55.4 Å². The average Bonchev–Trinajstić information content (AvgIpc) is 3.06. The number of methoxy groups -OCH3 is 3. The Kier molecular flexibility index (Phi) is 18.1. The van der Waals surface area contributed by atoms with Crippen LogP contribution >= 0.6 is 23.5 Å². The van der Waals surface area contributed by atoms with Gasteiger partial charge in [-0.3, -0.25) is 0 Å². The van der Waals surface area contributed by atoms with Crippen LogP contribution in [-0.4, -0.2) is 73.7 Å². The lowest BCUT2D eigenvalue weighted by molar-refractivity contribution is -0.00112. The second-order valence-electron chi connectivity index (χ2n) is 14.6. The third kappa shape index (κ3) is 12.8. The number of thioether (sulfide) groups is 2. The van der Waals surface area contributed by atoms with Crippen LogP contribution in [0.25, 0.3) is 0 Å². The van der Waals surface area contributed by atoms with Crippen molar-refractivity contribution >= 4 is 32.6 Å². The van der Waals surface area contributed by atoms with E-state index in [0.717, 1.165) is 41.8 Å². The molecule has 2 aromatic rings. The fraction of sp³-hybridized carbons (Fsp3) is 0.692. The van der Waals surface area contributed by atoms with Crippen LogP contribution in [0.2, 0.25) is 13.1 Å². The average molecular weight is 721 g/mol. The summed E-state index contributed by atoms with van der Waals surface area (Å²) in [4.78, 5) is 1.32. The first-order chi connectivity index (χ1) is 23.0. The van der Waals surface area contributed by atoms with Gasteiger partial charge in [0.05, 0.1) is 33.5 Å². The van der Waals surface area contributed by atoms with Gasteiger partial charge in [-0.05, 0) is 66.8 Å². The molecule has 3 rings (SSSR count). The summed E-state index contributed by atoms with van der Waals surface area (Å²) in [6.07, 6.45) is 10.4. The molecule has 3 atom stereocenters. The summed E-state index contributed by atoms with van der Waals surface area (Å²) < 4.78 is 34.6. The molecule has 1 aliphatic rings.